The third-order valence-electron chi connectivity index (χ3n) is 3.03. The van der Waals surface area contributed by atoms with Crippen LogP contribution in [0.2, 0.25) is 0 Å². The van der Waals surface area contributed by atoms with Gasteiger partial charge in [-0.05, 0) is 37.0 Å². The van der Waals surface area contributed by atoms with Gasteiger partial charge in [-0.15, -0.1) is 0 Å². The first kappa shape index (κ1) is 17.8. The molecule has 4 nitrogen and oxygen atoms in total. The second-order valence-electron chi connectivity index (χ2n) is 4.74. The van der Waals surface area contributed by atoms with Crippen LogP contribution in [0.1, 0.15) is 19.8 Å². The lowest BCUT2D eigenvalue weighted by Gasteiger charge is -2.19. The van der Waals surface area contributed by atoms with E-state index in [0.717, 1.165) is 5.75 Å². The van der Waals surface area contributed by atoms with Crippen LogP contribution in [-0.2, 0) is 4.79 Å². The maximum absolute atomic E-state index is 13.1. The summed E-state index contributed by atoms with van der Waals surface area (Å²) in [6, 6.07) is 5.48. The highest BCUT2D eigenvalue weighted by Crippen LogP contribution is 2.14. The minimum absolute atomic E-state index is 0.176. The third kappa shape index (κ3) is 6.82. The largest absolute Gasteiger partial charge is 0.489 e. The Morgan fingerprint density at radius 3 is 2.90 bits per heavy atom. The molecule has 2 atom stereocenters. The Bertz CT molecular complexity index is 445. The van der Waals surface area contributed by atoms with Crippen LogP contribution < -0.4 is 15.8 Å². The Kier molecular flexibility index (Phi) is 8.15. The number of hydrogen-bond acceptors (Lipinski definition) is 4. The Balaban J connectivity index is 2.42. The number of halogens is 1. The van der Waals surface area contributed by atoms with Crippen LogP contribution in [0.4, 0.5) is 4.39 Å². The summed E-state index contributed by atoms with van der Waals surface area (Å²) in [5.41, 5.74) is 5.79. The smallest absolute Gasteiger partial charge is 0.237 e. The lowest BCUT2D eigenvalue weighted by Crippen LogP contribution is -2.44. The van der Waals surface area contributed by atoms with E-state index in [1.807, 2.05) is 13.2 Å². The van der Waals surface area contributed by atoms with E-state index in [9.17, 15) is 9.18 Å². The molecule has 1 aromatic carbocycles. The summed E-state index contributed by atoms with van der Waals surface area (Å²) in [5, 5.41) is 2.79. The molecule has 0 aromatic heterocycles. The molecule has 1 rings (SSSR count). The molecule has 1 unspecified atom stereocenters. The highest BCUT2D eigenvalue weighted by atomic mass is 32.2. The van der Waals surface area contributed by atoms with Crippen molar-refractivity contribution < 1.29 is 13.9 Å². The molecule has 0 saturated carbocycles. The van der Waals surface area contributed by atoms with E-state index in [1.165, 1.54) is 12.1 Å². The Morgan fingerprint density at radius 2 is 2.29 bits per heavy atom. The quantitative estimate of drug-likeness (QED) is 0.733. The molecule has 21 heavy (non-hydrogen) atoms. The van der Waals surface area contributed by atoms with E-state index in [4.69, 9.17) is 10.5 Å². The highest BCUT2D eigenvalue weighted by molar-refractivity contribution is 7.98. The lowest BCUT2D eigenvalue weighted by molar-refractivity contribution is -0.122. The average Bonchev–Trinajstić information content (AvgIpc) is 2.48. The second-order valence-corrected chi connectivity index (χ2v) is 5.72. The molecule has 1 amide bonds. The van der Waals surface area contributed by atoms with E-state index in [0.29, 0.717) is 25.1 Å². The van der Waals surface area contributed by atoms with Gasteiger partial charge < -0.3 is 15.8 Å². The van der Waals surface area contributed by atoms with Crippen molar-refractivity contribution in [1.29, 1.82) is 0 Å². The number of benzene rings is 1. The Hall–Kier alpha value is -1.27. The number of nitrogens with two attached hydrogens (primary N) is 1. The van der Waals surface area contributed by atoms with E-state index in [2.05, 4.69) is 5.32 Å². The predicted octanol–water partition coefficient (Wildman–Crippen LogP) is 2.18. The van der Waals surface area contributed by atoms with Crippen molar-refractivity contribution in [2.45, 2.75) is 31.9 Å². The molecule has 6 heteroatoms. The number of nitrogens with one attached hydrogen (secondary N) is 1. The minimum Gasteiger partial charge on any atom is -0.489 e. The van der Waals surface area contributed by atoms with Crippen LogP contribution in [0.25, 0.3) is 0 Å². The Morgan fingerprint density at radius 1 is 1.52 bits per heavy atom. The first-order chi connectivity index (χ1) is 10.1. The topological polar surface area (TPSA) is 64.4 Å². The molecular formula is C15H23FN2O2S. The highest BCUT2D eigenvalue weighted by Gasteiger charge is 2.15. The van der Waals surface area contributed by atoms with Gasteiger partial charge in [0.05, 0.1) is 12.6 Å². The lowest BCUT2D eigenvalue weighted by atomic mass is 10.2. The zero-order valence-corrected chi connectivity index (χ0v) is 13.3. The summed E-state index contributed by atoms with van der Waals surface area (Å²) in [5.74, 6) is 0.796. The summed E-state index contributed by atoms with van der Waals surface area (Å²) in [6.45, 7) is 2.31. The number of carbonyl (C=O) groups excluding carboxylic acids is 1. The molecular weight excluding hydrogens is 291 g/mol. The van der Waals surface area contributed by atoms with Crippen molar-refractivity contribution in [2.24, 2.45) is 5.73 Å². The SMILES string of the molecule is CCC(CNC(=O)[C@@H](N)CCSC)Oc1cccc(F)c1. The summed E-state index contributed by atoms with van der Waals surface area (Å²) in [4.78, 5) is 11.8. The molecule has 0 aliphatic rings. The minimum atomic E-state index is -0.496. The second kappa shape index (κ2) is 9.63. The molecule has 0 aliphatic carbocycles. The molecule has 3 N–H and O–H groups in total. The maximum Gasteiger partial charge on any atom is 0.237 e. The Labute approximate surface area is 129 Å². The first-order valence-electron chi connectivity index (χ1n) is 7.01. The molecule has 0 bridgehead atoms. The average molecular weight is 314 g/mol. The van der Waals surface area contributed by atoms with Crippen molar-refractivity contribution in [2.75, 3.05) is 18.6 Å². The van der Waals surface area contributed by atoms with Gasteiger partial charge in [0.2, 0.25) is 5.91 Å². The van der Waals surface area contributed by atoms with Gasteiger partial charge in [-0.3, -0.25) is 4.79 Å². The van der Waals surface area contributed by atoms with Crippen molar-refractivity contribution in [3.63, 3.8) is 0 Å². The van der Waals surface area contributed by atoms with Gasteiger partial charge in [0, 0.05) is 6.07 Å². The van der Waals surface area contributed by atoms with Gasteiger partial charge in [0.25, 0.3) is 0 Å². The van der Waals surface area contributed by atoms with Crippen molar-refractivity contribution in [1.82, 2.24) is 5.32 Å². The van der Waals surface area contributed by atoms with Crippen LogP contribution in [0, 0.1) is 5.82 Å². The fourth-order valence-electron chi connectivity index (χ4n) is 1.72. The van der Waals surface area contributed by atoms with Crippen LogP contribution in [-0.4, -0.2) is 36.6 Å². The van der Waals surface area contributed by atoms with Gasteiger partial charge in [0.1, 0.15) is 17.7 Å². The van der Waals surface area contributed by atoms with Gasteiger partial charge >= 0.3 is 0 Å². The number of hydrogen-bond donors (Lipinski definition) is 2. The molecule has 1 aromatic rings. The van der Waals surface area contributed by atoms with Gasteiger partial charge in [-0.25, -0.2) is 4.39 Å². The van der Waals surface area contributed by atoms with Crippen LogP contribution in [0.15, 0.2) is 24.3 Å². The molecule has 0 fully saturated rings. The molecule has 0 aliphatic heterocycles. The maximum atomic E-state index is 13.1. The fraction of sp³-hybridized carbons (Fsp3) is 0.533. The monoisotopic (exact) mass is 314 g/mol. The normalized spacial score (nSPS) is 13.5. The van der Waals surface area contributed by atoms with Crippen LogP contribution >= 0.6 is 11.8 Å². The fourth-order valence-corrected chi connectivity index (χ4v) is 2.21. The first-order valence-corrected chi connectivity index (χ1v) is 8.40. The van der Waals surface area contributed by atoms with E-state index in [-0.39, 0.29) is 17.8 Å². The zero-order valence-electron chi connectivity index (χ0n) is 12.5. The number of carbonyl (C=O) groups is 1. The molecule has 0 spiro atoms. The predicted molar refractivity (Wildman–Crippen MR) is 85.1 cm³/mol. The van der Waals surface area contributed by atoms with E-state index >= 15 is 0 Å². The summed E-state index contributed by atoms with van der Waals surface area (Å²) >= 11 is 1.66. The summed E-state index contributed by atoms with van der Waals surface area (Å²) in [6.07, 6.45) is 3.12. The summed E-state index contributed by atoms with van der Waals surface area (Å²) < 4.78 is 18.7. The van der Waals surface area contributed by atoms with E-state index in [1.54, 1.807) is 23.9 Å². The molecule has 0 saturated heterocycles. The van der Waals surface area contributed by atoms with Crippen molar-refractivity contribution in [3.8, 4) is 5.75 Å². The van der Waals surface area contributed by atoms with Crippen molar-refractivity contribution >= 4 is 17.7 Å². The van der Waals surface area contributed by atoms with Gasteiger partial charge in [0.15, 0.2) is 0 Å². The van der Waals surface area contributed by atoms with Crippen LogP contribution in [0.3, 0.4) is 0 Å². The molecule has 0 heterocycles. The molecule has 0 radical (unpaired) electrons. The zero-order chi connectivity index (χ0) is 15.7. The summed E-state index contributed by atoms with van der Waals surface area (Å²) in [7, 11) is 0. The number of amides is 1. The molecule has 118 valence electrons. The standard InChI is InChI=1S/C15H23FN2O2S/c1-3-12(20-13-6-4-5-11(16)9-13)10-18-15(19)14(17)7-8-21-2/h4-6,9,12,14H,3,7-8,10,17H2,1-2H3,(H,18,19)/t12?,14-/m0/s1. The van der Waals surface area contributed by atoms with Crippen molar-refractivity contribution in [3.05, 3.63) is 30.1 Å². The number of ether oxygens (including phenoxy) is 1. The van der Waals surface area contributed by atoms with Gasteiger partial charge in [-0.1, -0.05) is 13.0 Å². The van der Waals surface area contributed by atoms with Crippen LogP contribution in [0.5, 0.6) is 5.75 Å². The number of thioether (sulfide) groups is 1. The third-order valence-corrected chi connectivity index (χ3v) is 3.67. The number of rotatable bonds is 9. The van der Waals surface area contributed by atoms with E-state index < -0.39 is 6.04 Å². The van der Waals surface area contributed by atoms with Gasteiger partial charge in [-0.2, -0.15) is 11.8 Å².